The number of rotatable bonds is 3. The molecule has 0 aliphatic rings. The van der Waals surface area contributed by atoms with E-state index in [0.29, 0.717) is 0 Å². The lowest BCUT2D eigenvalue weighted by atomic mass is 10.2. The van der Waals surface area contributed by atoms with E-state index in [4.69, 9.17) is 28.9 Å². The highest BCUT2D eigenvalue weighted by molar-refractivity contribution is 6.39. The Labute approximate surface area is 114 Å². The smallest absolute Gasteiger partial charge is 0.325 e. The number of carbonyl (C=O) groups excluding carboxylic acids is 2. The van der Waals surface area contributed by atoms with E-state index in [-0.39, 0.29) is 27.8 Å². The molecule has 1 rings (SSSR count). The van der Waals surface area contributed by atoms with Crippen LogP contribution in [0, 0.1) is 0 Å². The van der Waals surface area contributed by atoms with Crippen LogP contribution in [-0.4, -0.2) is 37.5 Å². The van der Waals surface area contributed by atoms with E-state index in [9.17, 15) is 9.59 Å². The van der Waals surface area contributed by atoms with Crippen molar-refractivity contribution in [3.8, 4) is 0 Å². The minimum atomic E-state index is -0.515. The number of likely N-dealkylation sites (N-methyl/N-ethyl adjacent to an activating group) is 1. The van der Waals surface area contributed by atoms with Crippen LogP contribution in [0.4, 0.5) is 5.69 Å². The molecule has 2 N–H and O–H groups in total. The highest BCUT2D eigenvalue weighted by Gasteiger charge is 2.17. The van der Waals surface area contributed by atoms with Gasteiger partial charge < -0.3 is 15.4 Å². The molecule has 0 aromatic heterocycles. The number of esters is 1. The number of methoxy groups -OCH3 is 1. The van der Waals surface area contributed by atoms with E-state index in [1.807, 2.05) is 0 Å². The van der Waals surface area contributed by atoms with Gasteiger partial charge in [0.15, 0.2) is 0 Å². The Bertz CT molecular complexity index is 468. The second-order valence-corrected chi connectivity index (χ2v) is 4.41. The lowest BCUT2D eigenvalue weighted by Gasteiger charge is -2.16. The van der Waals surface area contributed by atoms with Crippen LogP contribution in [0.1, 0.15) is 10.4 Å². The predicted molar refractivity (Wildman–Crippen MR) is 69.9 cm³/mol. The number of carbonyl (C=O) groups is 2. The number of nitrogen functional groups attached to an aromatic ring is 1. The molecule has 0 spiro atoms. The molecule has 0 saturated carbocycles. The predicted octanol–water partition coefficient (Wildman–Crippen LogP) is 1.82. The molecule has 0 unspecified atom stereocenters. The summed E-state index contributed by atoms with van der Waals surface area (Å²) in [5, 5.41) is 0.384. The fraction of sp³-hybridized carbons (Fsp3) is 0.273. The largest absolute Gasteiger partial charge is 0.468 e. The van der Waals surface area contributed by atoms with Crippen molar-refractivity contribution in [1.82, 2.24) is 4.90 Å². The highest BCUT2D eigenvalue weighted by Crippen LogP contribution is 2.29. The van der Waals surface area contributed by atoms with E-state index in [1.54, 1.807) is 0 Å². The van der Waals surface area contributed by atoms with Crippen molar-refractivity contribution < 1.29 is 14.3 Å². The molecule has 7 heteroatoms. The molecular formula is C11H12Cl2N2O3. The summed E-state index contributed by atoms with van der Waals surface area (Å²) in [5.41, 5.74) is 6.03. The number of hydrogen-bond donors (Lipinski definition) is 1. The van der Waals surface area contributed by atoms with Crippen LogP contribution in [0.3, 0.4) is 0 Å². The molecule has 0 atom stereocenters. The summed E-state index contributed by atoms with van der Waals surface area (Å²) in [7, 11) is 2.72. The van der Waals surface area contributed by atoms with Gasteiger partial charge in [-0.2, -0.15) is 0 Å². The van der Waals surface area contributed by atoms with Gasteiger partial charge in [-0.3, -0.25) is 9.59 Å². The fourth-order valence-corrected chi connectivity index (χ4v) is 1.75. The van der Waals surface area contributed by atoms with Crippen molar-refractivity contribution in [3.05, 3.63) is 27.7 Å². The maximum Gasteiger partial charge on any atom is 0.325 e. The molecule has 98 valence electrons. The van der Waals surface area contributed by atoms with E-state index in [0.717, 1.165) is 0 Å². The summed E-state index contributed by atoms with van der Waals surface area (Å²) < 4.78 is 4.47. The van der Waals surface area contributed by atoms with Crippen molar-refractivity contribution in [2.45, 2.75) is 0 Å². The molecule has 0 aliphatic carbocycles. The van der Waals surface area contributed by atoms with Gasteiger partial charge in [0, 0.05) is 12.6 Å². The summed E-state index contributed by atoms with van der Waals surface area (Å²) in [6.45, 7) is -0.158. The molecule has 0 bridgehead atoms. The Balaban J connectivity index is 2.94. The minimum absolute atomic E-state index is 0.158. The first-order valence-corrected chi connectivity index (χ1v) is 5.69. The number of ether oxygens (including phenoxy) is 1. The Kier molecular flexibility index (Phi) is 4.81. The first-order valence-electron chi connectivity index (χ1n) is 4.93. The van der Waals surface area contributed by atoms with Gasteiger partial charge in [-0.25, -0.2) is 0 Å². The Morgan fingerprint density at radius 2 is 1.83 bits per heavy atom. The van der Waals surface area contributed by atoms with Crippen LogP contribution in [0.5, 0.6) is 0 Å². The fourth-order valence-electron chi connectivity index (χ4n) is 1.26. The normalized spacial score (nSPS) is 10.0. The van der Waals surface area contributed by atoms with E-state index in [2.05, 4.69) is 4.74 Å². The first kappa shape index (κ1) is 14.6. The van der Waals surface area contributed by atoms with E-state index in [1.165, 1.54) is 31.2 Å². The quantitative estimate of drug-likeness (QED) is 0.681. The first-order chi connectivity index (χ1) is 8.36. The van der Waals surface area contributed by atoms with Crippen molar-refractivity contribution in [2.24, 2.45) is 0 Å². The lowest BCUT2D eigenvalue weighted by Crippen LogP contribution is -2.32. The molecule has 0 aliphatic heterocycles. The maximum atomic E-state index is 12.0. The van der Waals surface area contributed by atoms with Crippen molar-refractivity contribution in [3.63, 3.8) is 0 Å². The number of halogens is 2. The summed E-state index contributed by atoms with van der Waals surface area (Å²) in [6.07, 6.45) is 0. The number of nitrogens with two attached hydrogens (primary N) is 1. The van der Waals surface area contributed by atoms with Gasteiger partial charge in [-0.05, 0) is 12.1 Å². The number of benzene rings is 1. The van der Waals surface area contributed by atoms with E-state index >= 15 is 0 Å². The molecule has 0 radical (unpaired) electrons. The zero-order valence-corrected chi connectivity index (χ0v) is 11.4. The topological polar surface area (TPSA) is 72.6 Å². The average molecular weight is 291 g/mol. The molecule has 0 saturated heterocycles. The Morgan fingerprint density at radius 3 is 2.28 bits per heavy atom. The third-order valence-electron chi connectivity index (χ3n) is 2.27. The number of hydrogen-bond acceptors (Lipinski definition) is 4. The van der Waals surface area contributed by atoms with Crippen LogP contribution in [-0.2, 0) is 9.53 Å². The van der Waals surface area contributed by atoms with Crippen LogP contribution < -0.4 is 5.73 Å². The second kappa shape index (κ2) is 5.93. The Morgan fingerprint density at radius 1 is 1.33 bits per heavy atom. The van der Waals surface area contributed by atoms with Gasteiger partial charge in [-0.1, -0.05) is 23.2 Å². The SMILES string of the molecule is COC(=O)CN(C)C(=O)c1cc(Cl)c(N)c(Cl)c1. The Hall–Kier alpha value is -1.46. The van der Waals surface area contributed by atoms with E-state index < -0.39 is 11.9 Å². The highest BCUT2D eigenvalue weighted by atomic mass is 35.5. The van der Waals surface area contributed by atoms with Crippen molar-refractivity contribution in [2.75, 3.05) is 26.4 Å². The number of amides is 1. The van der Waals surface area contributed by atoms with Gasteiger partial charge in [0.05, 0.1) is 22.8 Å². The van der Waals surface area contributed by atoms with Crippen LogP contribution in [0.2, 0.25) is 10.0 Å². The molecular weight excluding hydrogens is 279 g/mol. The van der Waals surface area contributed by atoms with Gasteiger partial charge in [0.2, 0.25) is 0 Å². The number of anilines is 1. The molecule has 18 heavy (non-hydrogen) atoms. The minimum Gasteiger partial charge on any atom is -0.468 e. The van der Waals surface area contributed by atoms with Crippen molar-refractivity contribution in [1.29, 1.82) is 0 Å². The van der Waals surface area contributed by atoms with Crippen molar-refractivity contribution >= 4 is 40.8 Å². The maximum absolute atomic E-state index is 12.0. The monoisotopic (exact) mass is 290 g/mol. The zero-order chi connectivity index (χ0) is 13.9. The summed E-state index contributed by atoms with van der Waals surface area (Å²) in [5.74, 6) is -0.914. The van der Waals surface area contributed by atoms with Crippen LogP contribution in [0.15, 0.2) is 12.1 Å². The number of nitrogens with zero attached hydrogens (tertiary/aromatic N) is 1. The summed E-state index contributed by atoms with van der Waals surface area (Å²) in [4.78, 5) is 24.2. The van der Waals surface area contributed by atoms with Gasteiger partial charge in [0.1, 0.15) is 6.54 Å². The standard InChI is InChI=1S/C11H12Cl2N2O3/c1-15(5-9(16)18-2)11(17)6-3-7(12)10(14)8(13)4-6/h3-4H,5,14H2,1-2H3. The molecule has 0 fully saturated rings. The summed E-state index contributed by atoms with van der Waals surface area (Å²) in [6, 6.07) is 2.80. The molecule has 5 nitrogen and oxygen atoms in total. The summed E-state index contributed by atoms with van der Waals surface area (Å²) >= 11 is 11.7. The van der Waals surface area contributed by atoms with Gasteiger partial charge in [0.25, 0.3) is 5.91 Å². The molecule has 0 heterocycles. The van der Waals surface area contributed by atoms with Crippen LogP contribution >= 0.6 is 23.2 Å². The average Bonchev–Trinajstić information content (AvgIpc) is 2.33. The third kappa shape index (κ3) is 3.27. The second-order valence-electron chi connectivity index (χ2n) is 3.59. The molecule has 1 aromatic carbocycles. The molecule has 1 amide bonds. The lowest BCUT2D eigenvalue weighted by molar-refractivity contribution is -0.141. The van der Waals surface area contributed by atoms with Crippen LogP contribution in [0.25, 0.3) is 0 Å². The molecule has 1 aromatic rings. The third-order valence-corrected chi connectivity index (χ3v) is 2.89. The van der Waals surface area contributed by atoms with Gasteiger partial charge in [-0.15, -0.1) is 0 Å². The van der Waals surface area contributed by atoms with Gasteiger partial charge >= 0.3 is 5.97 Å². The zero-order valence-electron chi connectivity index (χ0n) is 9.87.